The second-order valence-electron chi connectivity index (χ2n) is 7.54. The number of rotatable bonds is 3. The number of carbonyl (C=O) groups excluding carboxylic acids is 1. The van der Waals surface area contributed by atoms with E-state index in [-0.39, 0.29) is 11.3 Å². The van der Waals surface area contributed by atoms with E-state index in [0.29, 0.717) is 30.6 Å². The number of amides is 1. The van der Waals surface area contributed by atoms with E-state index in [1.54, 1.807) is 0 Å². The Bertz CT molecular complexity index is 364. The quantitative estimate of drug-likeness (QED) is 0.823. The van der Waals surface area contributed by atoms with Gasteiger partial charge in [-0.15, -0.1) is 0 Å². The van der Waals surface area contributed by atoms with Gasteiger partial charge in [-0.3, -0.25) is 4.79 Å². The summed E-state index contributed by atoms with van der Waals surface area (Å²) in [5.74, 6) is 0.881. The van der Waals surface area contributed by atoms with Gasteiger partial charge in [0.05, 0.1) is 5.41 Å². The average molecular weight is 279 g/mol. The molecule has 4 heteroatoms. The van der Waals surface area contributed by atoms with E-state index in [1.165, 1.54) is 19.3 Å². The van der Waals surface area contributed by atoms with Crippen molar-refractivity contribution in [3.8, 4) is 0 Å². The number of fused-ring (bicyclic) bond motifs is 2. The number of piperidine rings is 2. The van der Waals surface area contributed by atoms with Crippen LogP contribution in [0.5, 0.6) is 0 Å². The molecule has 2 unspecified atom stereocenters. The molecule has 3 N–H and O–H groups in total. The first kappa shape index (κ1) is 14.3. The second-order valence-corrected chi connectivity index (χ2v) is 7.54. The summed E-state index contributed by atoms with van der Waals surface area (Å²) in [5.41, 5.74) is 5.63. The standard InChI is InChI=1S/C16H29N3O/c1-11-8-16(9-11,10-17)15(20)18-12-6-13-4-3-5-14(7-12)19(13)2/h11-14H,3-10,17H2,1-2H3,(H,18,20). The van der Waals surface area contributed by atoms with Crippen LogP contribution in [0, 0.1) is 11.3 Å². The normalized spacial score (nSPS) is 44.8. The Balaban J connectivity index is 1.60. The van der Waals surface area contributed by atoms with Gasteiger partial charge in [0, 0.05) is 24.7 Å². The lowest BCUT2D eigenvalue weighted by molar-refractivity contribution is -0.139. The zero-order chi connectivity index (χ0) is 14.3. The van der Waals surface area contributed by atoms with Gasteiger partial charge in [0.1, 0.15) is 0 Å². The molecule has 2 saturated heterocycles. The molecule has 2 bridgehead atoms. The highest BCUT2D eigenvalue weighted by Gasteiger charge is 2.48. The van der Waals surface area contributed by atoms with Crippen LogP contribution < -0.4 is 11.1 Å². The van der Waals surface area contributed by atoms with Crippen molar-refractivity contribution in [2.24, 2.45) is 17.1 Å². The SMILES string of the molecule is CC1CC(CN)(C(=O)NC2CC3CCCC(C2)N3C)C1. The summed E-state index contributed by atoms with van der Waals surface area (Å²) >= 11 is 0. The minimum absolute atomic E-state index is 0.228. The van der Waals surface area contributed by atoms with Crippen LogP contribution in [0.3, 0.4) is 0 Å². The van der Waals surface area contributed by atoms with Crippen LogP contribution >= 0.6 is 0 Å². The van der Waals surface area contributed by atoms with Crippen LogP contribution in [0.4, 0.5) is 0 Å². The van der Waals surface area contributed by atoms with Crippen molar-refractivity contribution >= 4 is 5.91 Å². The van der Waals surface area contributed by atoms with E-state index in [9.17, 15) is 4.79 Å². The predicted octanol–water partition coefficient (Wildman–Crippen LogP) is 1.49. The number of hydrogen-bond acceptors (Lipinski definition) is 3. The zero-order valence-corrected chi connectivity index (χ0v) is 12.9. The molecule has 2 heterocycles. The van der Waals surface area contributed by atoms with E-state index in [4.69, 9.17) is 5.73 Å². The first-order valence-corrected chi connectivity index (χ1v) is 8.27. The molecular weight excluding hydrogens is 250 g/mol. The number of hydrogen-bond donors (Lipinski definition) is 2. The maximum absolute atomic E-state index is 12.6. The molecule has 3 fully saturated rings. The van der Waals surface area contributed by atoms with Gasteiger partial charge in [-0.05, 0) is 51.5 Å². The molecule has 3 aliphatic rings. The molecule has 2 aliphatic heterocycles. The Hall–Kier alpha value is -0.610. The number of nitrogens with two attached hydrogens (primary N) is 1. The highest BCUT2D eigenvalue weighted by atomic mass is 16.2. The fourth-order valence-corrected chi connectivity index (χ4v) is 4.79. The van der Waals surface area contributed by atoms with Gasteiger partial charge in [0.15, 0.2) is 0 Å². The minimum atomic E-state index is -0.252. The Kier molecular flexibility index (Phi) is 3.80. The van der Waals surface area contributed by atoms with Gasteiger partial charge in [-0.25, -0.2) is 0 Å². The highest BCUT2D eigenvalue weighted by molar-refractivity contribution is 5.84. The highest BCUT2D eigenvalue weighted by Crippen LogP contribution is 2.45. The molecule has 0 spiro atoms. The number of nitrogens with zero attached hydrogens (tertiary/aromatic N) is 1. The number of carbonyl (C=O) groups is 1. The maximum atomic E-state index is 12.6. The second kappa shape index (κ2) is 5.30. The summed E-state index contributed by atoms with van der Waals surface area (Å²) in [5, 5.41) is 3.34. The van der Waals surface area contributed by atoms with Crippen LogP contribution in [-0.2, 0) is 4.79 Å². The Morgan fingerprint density at radius 2 is 1.90 bits per heavy atom. The first-order chi connectivity index (χ1) is 9.54. The molecule has 1 saturated carbocycles. The third-order valence-electron chi connectivity index (χ3n) is 6.03. The molecule has 4 nitrogen and oxygen atoms in total. The molecule has 114 valence electrons. The summed E-state index contributed by atoms with van der Waals surface area (Å²) in [7, 11) is 2.25. The smallest absolute Gasteiger partial charge is 0.227 e. The van der Waals surface area contributed by atoms with Crippen LogP contribution in [0.15, 0.2) is 0 Å². The third kappa shape index (κ3) is 2.37. The van der Waals surface area contributed by atoms with Gasteiger partial charge in [0.2, 0.25) is 5.91 Å². The van der Waals surface area contributed by atoms with Crippen LogP contribution in [0.1, 0.15) is 51.9 Å². The fourth-order valence-electron chi connectivity index (χ4n) is 4.79. The summed E-state index contributed by atoms with van der Waals surface area (Å²) < 4.78 is 0. The van der Waals surface area contributed by atoms with Crippen molar-refractivity contribution in [2.75, 3.05) is 13.6 Å². The Morgan fingerprint density at radius 1 is 1.30 bits per heavy atom. The lowest BCUT2D eigenvalue weighted by Gasteiger charge is -2.49. The summed E-state index contributed by atoms with van der Waals surface area (Å²) in [6.45, 7) is 2.71. The van der Waals surface area contributed by atoms with Gasteiger partial charge in [0.25, 0.3) is 0 Å². The molecule has 3 rings (SSSR count). The topological polar surface area (TPSA) is 58.4 Å². The molecule has 1 aliphatic carbocycles. The maximum Gasteiger partial charge on any atom is 0.227 e. The first-order valence-electron chi connectivity index (χ1n) is 8.27. The monoisotopic (exact) mass is 279 g/mol. The Morgan fingerprint density at radius 3 is 2.40 bits per heavy atom. The summed E-state index contributed by atoms with van der Waals surface area (Å²) in [4.78, 5) is 15.1. The lowest BCUT2D eigenvalue weighted by Crippen LogP contribution is -2.59. The molecule has 0 radical (unpaired) electrons. The number of nitrogens with one attached hydrogen (secondary N) is 1. The predicted molar refractivity (Wildman–Crippen MR) is 80.2 cm³/mol. The molecular formula is C16H29N3O. The van der Waals surface area contributed by atoms with Crippen molar-refractivity contribution < 1.29 is 4.79 Å². The molecule has 20 heavy (non-hydrogen) atoms. The zero-order valence-electron chi connectivity index (χ0n) is 12.9. The molecule has 0 aromatic heterocycles. The van der Waals surface area contributed by atoms with Crippen LogP contribution in [0.2, 0.25) is 0 Å². The minimum Gasteiger partial charge on any atom is -0.353 e. The van der Waals surface area contributed by atoms with Crippen LogP contribution in [0.25, 0.3) is 0 Å². The fraction of sp³-hybridized carbons (Fsp3) is 0.938. The van der Waals surface area contributed by atoms with Gasteiger partial charge >= 0.3 is 0 Å². The van der Waals surface area contributed by atoms with Crippen molar-refractivity contribution in [1.29, 1.82) is 0 Å². The van der Waals surface area contributed by atoms with Crippen molar-refractivity contribution in [3.05, 3.63) is 0 Å². The average Bonchev–Trinajstić information content (AvgIpc) is 2.35. The van der Waals surface area contributed by atoms with Gasteiger partial charge in [-0.2, -0.15) is 0 Å². The van der Waals surface area contributed by atoms with E-state index >= 15 is 0 Å². The van der Waals surface area contributed by atoms with E-state index in [1.807, 2.05) is 0 Å². The van der Waals surface area contributed by atoms with Crippen molar-refractivity contribution in [1.82, 2.24) is 10.2 Å². The molecule has 1 amide bonds. The van der Waals surface area contributed by atoms with Gasteiger partial charge < -0.3 is 16.0 Å². The van der Waals surface area contributed by atoms with Crippen molar-refractivity contribution in [2.45, 2.75) is 70.0 Å². The largest absolute Gasteiger partial charge is 0.353 e. The Labute approximate surface area is 122 Å². The van der Waals surface area contributed by atoms with Crippen molar-refractivity contribution in [3.63, 3.8) is 0 Å². The van der Waals surface area contributed by atoms with E-state index in [2.05, 4.69) is 24.2 Å². The molecule has 0 aromatic rings. The molecule has 0 aromatic carbocycles. The van der Waals surface area contributed by atoms with Gasteiger partial charge in [-0.1, -0.05) is 13.3 Å². The van der Waals surface area contributed by atoms with E-state index < -0.39 is 0 Å². The van der Waals surface area contributed by atoms with Crippen LogP contribution in [-0.4, -0.2) is 42.5 Å². The third-order valence-corrected chi connectivity index (χ3v) is 6.03. The molecule has 2 atom stereocenters. The summed E-state index contributed by atoms with van der Waals surface area (Å²) in [6, 6.07) is 1.71. The van der Waals surface area contributed by atoms with E-state index in [0.717, 1.165) is 25.7 Å². The summed E-state index contributed by atoms with van der Waals surface area (Å²) in [6.07, 6.45) is 8.11. The lowest BCUT2D eigenvalue weighted by atomic mass is 9.62.